The molecule has 0 saturated heterocycles. The Morgan fingerprint density at radius 1 is 0.905 bits per heavy atom. The van der Waals surface area contributed by atoms with Gasteiger partial charge < -0.3 is 4.74 Å². The van der Waals surface area contributed by atoms with Gasteiger partial charge in [0.1, 0.15) is 0 Å². The molecule has 0 aliphatic carbocycles. The van der Waals surface area contributed by atoms with E-state index in [-0.39, 0.29) is 5.97 Å². The number of esters is 1. The number of unbranched alkanes of at least 4 members (excludes halogenated alkanes) is 9. The number of aromatic nitrogens is 1. The van der Waals surface area contributed by atoms with Gasteiger partial charge in [-0.25, -0.2) is 4.79 Å². The standard InChI is InChI=1S/C18H29NO2/c1-2-3-4-5-6-7-8-9-10-11-16-21-18(20)17-12-14-19-15-13-17/h12-15H,2-11,16H2,1H3. The highest BCUT2D eigenvalue weighted by atomic mass is 16.5. The van der Waals surface area contributed by atoms with Crippen LogP contribution in [0.5, 0.6) is 0 Å². The minimum Gasteiger partial charge on any atom is -0.462 e. The summed E-state index contributed by atoms with van der Waals surface area (Å²) in [6.07, 6.45) is 16.1. The van der Waals surface area contributed by atoms with Crippen LogP contribution in [0.3, 0.4) is 0 Å². The van der Waals surface area contributed by atoms with Crippen molar-refractivity contribution in [1.82, 2.24) is 4.98 Å². The molecule has 0 fully saturated rings. The van der Waals surface area contributed by atoms with Crippen molar-refractivity contribution in [2.75, 3.05) is 6.61 Å². The van der Waals surface area contributed by atoms with E-state index in [1.54, 1.807) is 24.5 Å². The van der Waals surface area contributed by atoms with Gasteiger partial charge >= 0.3 is 5.97 Å². The lowest BCUT2D eigenvalue weighted by Gasteiger charge is -2.05. The number of carbonyl (C=O) groups excluding carboxylic acids is 1. The molecular weight excluding hydrogens is 262 g/mol. The number of rotatable bonds is 12. The van der Waals surface area contributed by atoms with Gasteiger partial charge in [-0.1, -0.05) is 64.7 Å². The lowest BCUT2D eigenvalue weighted by atomic mass is 10.1. The number of carbonyl (C=O) groups is 1. The maximum atomic E-state index is 11.7. The summed E-state index contributed by atoms with van der Waals surface area (Å²) in [5.74, 6) is -0.242. The van der Waals surface area contributed by atoms with Crippen molar-refractivity contribution in [3.63, 3.8) is 0 Å². The highest BCUT2D eigenvalue weighted by molar-refractivity contribution is 5.89. The largest absolute Gasteiger partial charge is 0.462 e. The van der Waals surface area contributed by atoms with E-state index in [0.717, 1.165) is 12.8 Å². The second-order valence-corrected chi connectivity index (χ2v) is 5.55. The Bertz CT molecular complexity index is 365. The van der Waals surface area contributed by atoms with E-state index in [4.69, 9.17) is 4.74 Å². The number of nitrogens with zero attached hydrogens (tertiary/aromatic N) is 1. The molecule has 0 aliphatic heterocycles. The summed E-state index contributed by atoms with van der Waals surface area (Å²) < 4.78 is 5.23. The van der Waals surface area contributed by atoms with Crippen molar-refractivity contribution in [3.8, 4) is 0 Å². The molecule has 1 aromatic rings. The first-order valence-corrected chi connectivity index (χ1v) is 8.41. The Labute approximate surface area is 129 Å². The van der Waals surface area contributed by atoms with Gasteiger partial charge in [-0.15, -0.1) is 0 Å². The molecule has 0 aromatic carbocycles. The topological polar surface area (TPSA) is 39.2 Å². The van der Waals surface area contributed by atoms with Crippen LogP contribution in [-0.4, -0.2) is 17.6 Å². The van der Waals surface area contributed by atoms with E-state index in [9.17, 15) is 4.79 Å². The van der Waals surface area contributed by atoms with Crippen molar-refractivity contribution in [2.45, 2.75) is 71.1 Å². The minimum absolute atomic E-state index is 0.242. The quantitative estimate of drug-likeness (QED) is 0.394. The molecule has 21 heavy (non-hydrogen) atoms. The van der Waals surface area contributed by atoms with Crippen LogP contribution < -0.4 is 0 Å². The molecule has 0 aliphatic rings. The molecule has 1 aromatic heterocycles. The maximum absolute atomic E-state index is 11.7. The van der Waals surface area contributed by atoms with Crippen LogP contribution in [0.2, 0.25) is 0 Å². The first kappa shape index (κ1) is 17.7. The van der Waals surface area contributed by atoms with Gasteiger partial charge in [0, 0.05) is 12.4 Å². The molecule has 1 rings (SSSR count). The Morgan fingerprint density at radius 2 is 1.43 bits per heavy atom. The molecule has 3 heteroatoms. The molecule has 1 heterocycles. The second-order valence-electron chi connectivity index (χ2n) is 5.55. The van der Waals surface area contributed by atoms with E-state index in [2.05, 4.69) is 11.9 Å². The highest BCUT2D eigenvalue weighted by Gasteiger charge is 2.05. The zero-order valence-corrected chi connectivity index (χ0v) is 13.4. The normalized spacial score (nSPS) is 10.5. The molecule has 3 nitrogen and oxygen atoms in total. The van der Waals surface area contributed by atoms with Gasteiger partial charge in [0.05, 0.1) is 12.2 Å². The van der Waals surface area contributed by atoms with Gasteiger partial charge in [0.25, 0.3) is 0 Å². The van der Waals surface area contributed by atoms with E-state index < -0.39 is 0 Å². The predicted octanol–water partition coefficient (Wildman–Crippen LogP) is 5.16. The van der Waals surface area contributed by atoms with Gasteiger partial charge in [-0.2, -0.15) is 0 Å². The third kappa shape index (κ3) is 9.22. The van der Waals surface area contributed by atoms with Crippen LogP contribution in [0.25, 0.3) is 0 Å². The van der Waals surface area contributed by atoms with Gasteiger partial charge in [-0.3, -0.25) is 4.98 Å². The van der Waals surface area contributed by atoms with Crippen LogP contribution in [-0.2, 0) is 4.74 Å². The van der Waals surface area contributed by atoms with Crippen LogP contribution in [0, 0.1) is 0 Å². The predicted molar refractivity (Wildman–Crippen MR) is 86.4 cm³/mol. The van der Waals surface area contributed by atoms with Crippen LogP contribution in [0.1, 0.15) is 81.5 Å². The summed E-state index contributed by atoms with van der Waals surface area (Å²) in [6.45, 7) is 2.78. The summed E-state index contributed by atoms with van der Waals surface area (Å²) in [5, 5.41) is 0. The minimum atomic E-state index is -0.242. The molecule has 0 spiro atoms. The Balaban J connectivity index is 1.88. The van der Waals surface area contributed by atoms with Crippen molar-refractivity contribution < 1.29 is 9.53 Å². The van der Waals surface area contributed by atoms with Crippen molar-refractivity contribution >= 4 is 5.97 Å². The smallest absolute Gasteiger partial charge is 0.338 e. The zero-order valence-electron chi connectivity index (χ0n) is 13.4. The molecular formula is C18H29NO2. The van der Waals surface area contributed by atoms with Crippen LogP contribution in [0.15, 0.2) is 24.5 Å². The van der Waals surface area contributed by atoms with E-state index in [1.807, 2.05) is 0 Å². The lowest BCUT2D eigenvalue weighted by molar-refractivity contribution is 0.0497. The second kappa shape index (κ2) is 12.4. The van der Waals surface area contributed by atoms with E-state index in [0.29, 0.717) is 12.2 Å². The van der Waals surface area contributed by atoms with Crippen molar-refractivity contribution in [1.29, 1.82) is 0 Å². The molecule has 118 valence electrons. The molecule has 0 bridgehead atoms. The third-order valence-electron chi connectivity index (χ3n) is 3.65. The first-order valence-electron chi connectivity index (χ1n) is 8.41. The molecule has 0 unspecified atom stereocenters. The van der Waals surface area contributed by atoms with Crippen LogP contribution in [0.4, 0.5) is 0 Å². The van der Waals surface area contributed by atoms with Gasteiger partial charge in [0.2, 0.25) is 0 Å². The average molecular weight is 291 g/mol. The fourth-order valence-electron chi connectivity index (χ4n) is 2.33. The summed E-state index contributed by atoms with van der Waals surface area (Å²) >= 11 is 0. The monoisotopic (exact) mass is 291 g/mol. The van der Waals surface area contributed by atoms with Crippen molar-refractivity contribution in [2.24, 2.45) is 0 Å². The highest BCUT2D eigenvalue weighted by Crippen LogP contribution is 2.10. The van der Waals surface area contributed by atoms with E-state index in [1.165, 1.54) is 51.4 Å². The number of hydrogen-bond acceptors (Lipinski definition) is 3. The summed E-state index contributed by atoms with van der Waals surface area (Å²) in [4.78, 5) is 15.5. The van der Waals surface area contributed by atoms with E-state index >= 15 is 0 Å². The third-order valence-corrected chi connectivity index (χ3v) is 3.65. The summed E-state index contributed by atoms with van der Waals surface area (Å²) in [7, 11) is 0. The Morgan fingerprint density at radius 3 is 2.00 bits per heavy atom. The van der Waals surface area contributed by atoms with Gasteiger partial charge in [-0.05, 0) is 18.6 Å². The zero-order chi connectivity index (χ0) is 15.2. The lowest BCUT2D eigenvalue weighted by Crippen LogP contribution is -2.06. The Hall–Kier alpha value is -1.38. The molecule has 0 amide bonds. The van der Waals surface area contributed by atoms with Crippen molar-refractivity contribution in [3.05, 3.63) is 30.1 Å². The molecule has 0 atom stereocenters. The molecule has 0 saturated carbocycles. The number of hydrogen-bond donors (Lipinski definition) is 0. The van der Waals surface area contributed by atoms with Gasteiger partial charge in [0.15, 0.2) is 0 Å². The fraction of sp³-hybridized carbons (Fsp3) is 0.667. The average Bonchev–Trinajstić information content (AvgIpc) is 2.53. The molecule has 0 radical (unpaired) electrons. The number of pyridine rings is 1. The Kier molecular flexibility index (Phi) is 10.4. The first-order chi connectivity index (χ1) is 10.3. The molecule has 0 N–H and O–H groups in total. The summed E-state index contributed by atoms with van der Waals surface area (Å²) in [5.41, 5.74) is 0.581. The SMILES string of the molecule is CCCCCCCCCCCCOC(=O)c1ccncc1. The number of ether oxygens (including phenoxy) is 1. The fourth-order valence-corrected chi connectivity index (χ4v) is 2.33. The maximum Gasteiger partial charge on any atom is 0.338 e. The summed E-state index contributed by atoms with van der Waals surface area (Å²) in [6, 6.07) is 3.36. The van der Waals surface area contributed by atoms with Crippen LogP contribution >= 0.6 is 0 Å².